The second kappa shape index (κ2) is 11.4. The van der Waals surface area contributed by atoms with Crippen LogP contribution in [0.15, 0.2) is 48.5 Å². The van der Waals surface area contributed by atoms with Crippen molar-refractivity contribution in [3.05, 3.63) is 54.1 Å². The number of para-hydroxylation sites is 1. The number of methoxy groups -OCH3 is 1. The smallest absolute Gasteiger partial charge is 0.319 e. The Morgan fingerprint density at radius 3 is 2.64 bits per heavy atom. The number of carbonyl (C=O) groups excluding carboxylic acids is 1. The number of nitrogens with zero attached hydrogens (tertiary/aromatic N) is 1. The molecule has 0 saturated heterocycles. The monoisotopic (exact) mass is 384 g/mol. The summed E-state index contributed by atoms with van der Waals surface area (Å²) >= 11 is 0. The highest BCUT2D eigenvalue weighted by Crippen LogP contribution is 2.16. The number of anilines is 1. The highest BCUT2D eigenvalue weighted by Gasteiger charge is 2.08. The van der Waals surface area contributed by atoms with Crippen LogP contribution in [0.3, 0.4) is 0 Å². The van der Waals surface area contributed by atoms with Gasteiger partial charge in [-0.25, -0.2) is 4.79 Å². The molecular formula is C20H24N4O4. The van der Waals surface area contributed by atoms with Crippen molar-refractivity contribution in [2.24, 2.45) is 0 Å². The van der Waals surface area contributed by atoms with Gasteiger partial charge in [-0.15, -0.1) is 0 Å². The van der Waals surface area contributed by atoms with E-state index in [0.29, 0.717) is 42.4 Å². The van der Waals surface area contributed by atoms with Gasteiger partial charge >= 0.3 is 6.03 Å². The van der Waals surface area contributed by atoms with Crippen LogP contribution in [0.5, 0.6) is 11.5 Å². The van der Waals surface area contributed by atoms with E-state index >= 15 is 0 Å². The molecule has 0 unspecified atom stereocenters. The van der Waals surface area contributed by atoms with Crippen molar-refractivity contribution in [2.45, 2.75) is 6.10 Å². The number of carbonyl (C=O) groups is 1. The fraction of sp³-hybridized carbons (Fsp3) is 0.300. The van der Waals surface area contributed by atoms with Gasteiger partial charge in [-0.3, -0.25) is 0 Å². The number of benzene rings is 2. The molecule has 0 aliphatic rings. The maximum Gasteiger partial charge on any atom is 0.319 e. The van der Waals surface area contributed by atoms with E-state index in [0.717, 1.165) is 0 Å². The molecule has 2 amide bonds. The summed E-state index contributed by atoms with van der Waals surface area (Å²) in [7, 11) is 1.58. The van der Waals surface area contributed by atoms with Crippen LogP contribution in [-0.2, 0) is 0 Å². The molecular weight excluding hydrogens is 360 g/mol. The lowest BCUT2D eigenvalue weighted by molar-refractivity contribution is 0.106. The summed E-state index contributed by atoms with van der Waals surface area (Å²) in [5.41, 5.74) is 1.09. The first-order valence-electron chi connectivity index (χ1n) is 8.82. The molecule has 0 spiro atoms. The van der Waals surface area contributed by atoms with Crippen molar-refractivity contribution in [1.82, 2.24) is 10.6 Å². The SMILES string of the molecule is COc1ccc(NC(=O)NCCNC[C@@H](O)COc2ccccc2C#N)cc1. The molecule has 0 aliphatic heterocycles. The summed E-state index contributed by atoms with van der Waals surface area (Å²) in [6.45, 7) is 1.25. The van der Waals surface area contributed by atoms with E-state index in [1.807, 2.05) is 6.07 Å². The van der Waals surface area contributed by atoms with Gasteiger partial charge < -0.3 is 30.5 Å². The minimum atomic E-state index is -0.736. The topological polar surface area (TPSA) is 116 Å². The predicted octanol–water partition coefficient (Wildman–Crippen LogP) is 1.72. The summed E-state index contributed by atoms with van der Waals surface area (Å²) < 4.78 is 10.5. The third-order valence-electron chi connectivity index (χ3n) is 3.75. The standard InChI is InChI=1S/C20H24N4O4/c1-27-18-8-6-16(7-9-18)24-20(26)23-11-10-22-13-17(25)14-28-19-5-3-2-4-15(19)12-21/h2-9,17,22,25H,10-11,13-14H2,1H3,(H2,23,24,26)/t17-/m1/s1. The second-order valence-electron chi connectivity index (χ2n) is 5.89. The zero-order valence-electron chi connectivity index (χ0n) is 15.6. The van der Waals surface area contributed by atoms with E-state index in [4.69, 9.17) is 14.7 Å². The van der Waals surface area contributed by atoms with Crippen molar-refractivity contribution in [3.8, 4) is 17.6 Å². The van der Waals surface area contributed by atoms with Crippen molar-refractivity contribution >= 4 is 11.7 Å². The number of ether oxygens (including phenoxy) is 2. The second-order valence-corrected chi connectivity index (χ2v) is 5.89. The molecule has 2 aromatic rings. The van der Waals surface area contributed by atoms with E-state index in [-0.39, 0.29) is 12.6 Å². The normalized spacial score (nSPS) is 11.2. The molecule has 8 nitrogen and oxygen atoms in total. The average Bonchev–Trinajstić information content (AvgIpc) is 2.72. The third-order valence-corrected chi connectivity index (χ3v) is 3.75. The Kier molecular flexibility index (Phi) is 8.59. The third kappa shape index (κ3) is 7.15. The van der Waals surface area contributed by atoms with Crippen molar-refractivity contribution in [2.75, 3.05) is 38.7 Å². The maximum atomic E-state index is 11.8. The molecule has 0 fully saturated rings. The Morgan fingerprint density at radius 2 is 1.93 bits per heavy atom. The van der Waals surface area contributed by atoms with Crippen LogP contribution in [0.1, 0.15) is 5.56 Å². The number of urea groups is 1. The van der Waals surface area contributed by atoms with Crippen LogP contribution in [0.25, 0.3) is 0 Å². The van der Waals surface area contributed by atoms with Crippen LogP contribution in [0, 0.1) is 11.3 Å². The number of rotatable bonds is 10. The number of hydrogen-bond acceptors (Lipinski definition) is 6. The summed E-state index contributed by atoms with van der Waals surface area (Å²) in [5.74, 6) is 1.16. The van der Waals surface area contributed by atoms with Crippen molar-refractivity contribution in [3.63, 3.8) is 0 Å². The van der Waals surface area contributed by atoms with Gasteiger partial charge in [0, 0.05) is 25.3 Å². The zero-order valence-corrected chi connectivity index (χ0v) is 15.6. The molecule has 0 bridgehead atoms. The molecule has 0 aliphatic carbocycles. The van der Waals surface area contributed by atoms with E-state index < -0.39 is 6.10 Å². The zero-order chi connectivity index (χ0) is 20.2. The Balaban J connectivity index is 1.57. The number of aliphatic hydroxyl groups is 1. The lowest BCUT2D eigenvalue weighted by Gasteiger charge is -2.14. The quantitative estimate of drug-likeness (QED) is 0.464. The first-order valence-corrected chi connectivity index (χ1v) is 8.82. The van der Waals surface area contributed by atoms with E-state index in [2.05, 4.69) is 16.0 Å². The predicted molar refractivity (Wildman–Crippen MR) is 106 cm³/mol. The molecule has 8 heteroatoms. The van der Waals surface area contributed by atoms with Crippen molar-refractivity contribution in [1.29, 1.82) is 5.26 Å². The largest absolute Gasteiger partial charge is 0.497 e. The molecule has 2 aromatic carbocycles. The van der Waals surface area contributed by atoms with Gasteiger partial charge in [0.15, 0.2) is 0 Å². The van der Waals surface area contributed by atoms with Crippen LogP contribution < -0.4 is 25.4 Å². The van der Waals surface area contributed by atoms with E-state index in [1.165, 1.54) is 0 Å². The number of nitrogens with one attached hydrogen (secondary N) is 3. The number of aliphatic hydroxyl groups excluding tert-OH is 1. The maximum absolute atomic E-state index is 11.8. The lowest BCUT2D eigenvalue weighted by atomic mass is 10.2. The number of amides is 2. The molecule has 1 atom stereocenters. The molecule has 0 saturated carbocycles. The van der Waals surface area contributed by atoms with Crippen LogP contribution in [-0.4, -0.2) is 50.6 Å². The highest BCUT2D eigenvalue weighted by atomic mass is 16.5. The van der Waals surface area contributed by atoms with E-state index in [1.54, 1.807) is 55.6 Å². The molecule has 4 N–H and O–H groups in total. The van der Waals surface area contributed by atoms with Gasteiger partial charge in [-0.05, 0) is 36.4 Å². The summed E-state index contributed by atoms with van der Waals surface area (Å²) in [6.07, 6.45) is -0.736. The van der Waals surface area contributed by atoms with Gasteiger partial charge in [0.25, 0.3) is 0 Å². The molecule has 0 aromatic heterocycles. The highest BCUT2D eigenvalue weighted by molar-refractivity contribution is 5.89. The molecule has 28 heavy (non-hydrogen) atoms. The molecule has 0 radical (unpaired) electrons. The molecule has 2 rings (SSSR count). The van der Waals surface area contributed by atoms with Crippen LogP contribution >= 0.6 is 0 Å². The first-order chi connectivity index (χ1) is 13.6. The van der Waals surface area contributed by atoms with Gasteiger partial charge in [-0.2, -0.15) is 5.26 Å². The Hall–Kier alpha value is -3.28. The van der Waals surface area contributed by atoms with Gasteiger partial charge in [0.2, 0.25) is 0 Å². The first kappa shape index (κ1) is 21.0. The minimum absolute atomic E-state index is 0.0665. The van der Waals surface area contributed by atoms with Gasteiger partial charge in [-0.1, -0.05) is 12.1 Å². The van der Waals surface area contributed by atoms with Crippen LogP contribution in [0.4, 0.5) is 10.5 Å². The summed E-state index contributed by atoms with van der Waals surface area (Å²) in [6, 6.07) is 15.6. The summed E-state index contributed by atoms with van der Waals surface area (Å²) in [5, 5.41) is 27.4. The fourth-order valence-corrected chi connectivity index (χ4v) is 2.31. The Bertz CT molecular complexity index is 790. The van der Waals surface area contributed by atoms with E-state index in [9.17, 15) is 9.90 Å². The number of hydrogen-bond donors (Lipinski definition) is 4. The lowest BCUT2D eigenvalue weighted by Crippen LogP contribution is -2.38. The molecule has 0 heterocycles. The summed E-state index contributed by atoms with van der Waals surface area (Å²) in [4.78, 5) is 11.8. The van der Waals surface area contributed by atoms with Crippen molar-refractivity contribution < 1.29 is 19.4 Å². The van der Waals surface area contributed by atoms with Crippen LogP contribution in [0.2, 0.25) is 0 Å². The van der Waals surface area contributed by atoms with Gasteiger partial charge in [0.1, 0.15) is 30.3 Å². The fourth-order valence-electron chi connectivity index (χ4n) is 2.31. The van der Waals surface area contributed by atoms with Gasteiger partial charge in [0.05, 0.1) is 12.7 Å². The minimum Gasteiger partial charge on any atom is -0.497 e. The molecule has 148 valence electrons. The average molecular weight is 384 g/mol. The Morgan fingerprint density at radius 1 is 1.18 bits per heavy atom. The Labute approximate surface area is 164 Å². The number of nitriles is 1.